The highest BCUT2D eigenvalue weighted by Crippen LogP contribution is 2.19. The number of nitrogens with two attached hydrogens (primary N) is 2. The Kier molecular flexibility index (Phi) is 19.7. The Morgan fingerprint density at radius 3 is 2.08 bits per heavy atom. The summed E-state index contributed by atoms with van der Waals surface area (Å²) in [6, 6.07) is 4.61. The lowest BCUT2D eigenvalue weighted by Gasteiger charge is -2.28. The van der Waals surface area contributed by atoms with Gasteiger partial charge in [-0.1, -0.05) is 26.0 Å². The molecule has 15 heteroatoms. The van der Waals surface area contributed by atoms with Gasteiger partial charge in [-0.05, 0) is 97.9 Å². The number of amides is 6. The molecule has 0 heterocycles. The second-order valence-corrected chi connectivity index (χ2v) is 15.4. The van der Waals surface area contributed by atoms with E-state index >= 15 is 0 Å². The maximum absolute atomic E-state index is 13.5. The molecule has 0 bridgehead atoms. The third-order valence-corrected chi connectivity index (χ3v) is 8.63. The summed E-state index contributed by atoms with van der Waals surface area (Å²) in [6.07, 6.45) is 1.35. The standard InChI is InChI=1S/C37H66N8O7/c1-25(2)31(43-30(46)17-18-37(7,8)52-23-19-36(5,6)39)33(48)42-29(12-11-20-40-34(38)49)32(47)41-28-15-13-27(14-16-28)24-51-35(50)45(10)22-21-44(9)26(3)4/h13-16,25-26,29,31H,11-12,17-24,39H2,1-10H3,(H,41,47)(H,42,48)(H,43,46)(H3,38,40,49)/t29-,31?/m0/s1. The van der Waals surface area contributed by atoms with Gasteiger partial charge in [0, 0.05) is 57.0 Å². The van der Waals surface area contributed by atoms with Crippen LogP contribution in [0.3, 0.4) is 0 Å². The lowest BCUT2D eigenvalue weighted by Crippen LogP contribution is -2.54. The van der Waals surface area contributed by atoms with Crippen molar-refractivity contribution in [3.8, 4) is 0 Å². The predicted molar refractivity (Wildman–Crippen MR) is 203 cm³/mol. The summed E-state index contributed by atoms with van der Waals surface area (Å²) in [7, 11) is 3.69. The number of hydrogen-bond donors (Lipinski definition) is 6. The van der Waals surface area contributed by atoms with Gasteiger partial charge in [0.1, 0.15) is 18.7 Å². The highest BCUT2D eigenvalue weighted by Gasteiger charge is 2.30. The van der Waals surface area contributed by atoms with E-state index in [1.807, 2.05) is 34.7 Å². The molecular weight excluding hydrogens is 668 g/mol. The summed E-state index contributed by atoms with van der Waals surface area (Å²) in [4.78, 5) is 67.2. The van der Waals surface area contributed by atoms with Crippen LogP contribution in [-0.4, -0.2) is 109 Å². The maximum atomic E-state index is 13.5. The van der Waals surface area contributed by atoms with Crippen LogP contribution in [0.4, 0.5) is 15.3 Å². The molecule has 2 atom stereocenters. The smallest absolute Gasteiger partial charge is 0.409 e. The van der Waals surface area contributed by atoms with E-state index in [0.717, 1.165) is 12.1 Å². The van der Waals surface area contributed by atoms with Crippen molar-refractivity contribution in [2.45, 2.75) is 123 Å². The van der Waals surface area contributed by atoms with Crippen molar-refractivity contribution in [1.29, 1.82) is 0 Å². The number of carbonyl (C=O) groups is 5. The normalized spacial score (nSPS) is 13.0. The van der Waals surface area contributed by atoms with E-state index < -0.39 is 41.6 Å². The number of primary amides is 1. The summed E-state index contributed by atoms with van der Waals surface area (Å²) in [5.41, 5.74) is 11.5. The molecule has 0 aromatic heterocycles. The van der Waals surface area contributed by atoms with Crippen molar-refractivity contribution in [3.63, 3.8) is 0 Å². The summed E-state index contributed by atoms with van der Waals surface area (Å²) in [5.74, 6) is -1.58. The molecule has 0 aliphatic heterocycles. The van der Waals surface area contributed by atoms with Gasteiger partial charge in [-0.15, -0.1) is 0 Å². The Balaban J connectivity index is 2.86. The summed E-state index contributed by atoms with van der Waals surface area (Å²) in [5, 5.41) is 10.9. The third kappa shape index (κ3) is 19.6. The van der Waals surface area contributed by atoms with Crippen molar-refractivity contribution in [2.75, 3.05) is 45.7 Å². The second kappa shape index (κ2) is 22.2. The maximum Gasteiger partial charge on any atom is 0.409 e. The van der Waals surface area contributed by atoms with Gasteiger partial charge in [-0.2, -0.15) is 0 Å². The van der Waals surface area contributed by atoms with E-state index in [9.17, 15) is 24.0 Å². The van der Waals surface area contributed by atoms with Gasteiger partial charge < -0.3 is 52.0 Å². The molecule has 1 aromatic rings. The van der Waals surface area contributed by atoms with Crippen LogP contribution in [-0.2, 0) is 30.5 Å². The lowest BCUT2D eigenvalue weighted by molar-refractivity contribution is -0.132. The molecule has 0 radical (unpaired) electrons. The van der Waals surface area contributed by atoms with Gasteiger partial charge in [-0.25, -0.2) is 9.59 Å². The second-order valence-electron chi connectivity index (χ2n) is 15.4. The number of rotatable bonds is 23. The van der Waals surface area contributed by atoms with Gasteiger partial charge in [0.15, 0.2) is 0 Å². The minimum Gasteiger partial charge on any atom is -0.445 e. The first-order chi connectivity index (χ1) is 24.1. The molecule has 0 saturated carbocycles. The van der Waals surface area contributed by atoms with Crippen LogP contribution >= 0.6 is 0 Å². The molecule has 1 unspecified atom stereocenters. The first-order valence-corrected chi connectivity index (χ1v) is 18.1. The fourth-order valence-electron chi connectivity index (χ4n) is 4.73. The SMILES string of the molecule is CC(C)C(NC(=O)CCC(C)(C)OCCC(C)(C)N)C(=O)N[C@@H](CCCNC(N)=O)C(=O)Nc1ccc(COC(=O)N(C)CCN(C)C(C)C)cc1. The van der Waals surface area contributed by atoms with E-state index in [-0.39, 0.29) is 43.4 Å². The highest BCUT2D eigenvalue weighted by atomic mass is 16.6. The third-order valence-electron chi connectivity index (χ3n) is 8.63. The molecule has 15 nitrogen and oxygen atoms in total. The van der Waals surface area contributed by atoms with Gasteiger partial charge >= 0.3 is 12.1 Å². The minimum absolute atomic E-state index is 0.0580. The van der Waals surface area contributed by atoms with Crippen LogP contribution in [0.2, 0.25) is 0 Å². The largest absolute Gasteiger partial charge is 0.445 e. The zero-order valence-corrected chi connectivity index (χ0v) is 33.1. The molecule has 0 fully saturated rings. The molecule has 0 aliphatic rings. The van der Waals surface area contributed by atoms with Crippen molar-refractivity contribution in [3.05, 3.63) is 29.8 Å². The lowest BCUT2D eigenvalue weighted by atomic mass is 9.99. The van der Waals surface area contributed by atoms with Crippen LogP contribution in [0.15, 0.2) is 24.3 Å². The van der Waals surface area contributed by atoms with Crippen molar-refractivity contribution in [1.82, 2.24) is 25.8 Å². The minimum atomic E-state index is -0.981. The number of carbonyl (C=O) groups excluding carboxylic acids is 5. The molecule has 1 rings (SSSR count). The fraction of sp³-hybridized carbons (Fsp3) is 0.703. The zero-order chi connectivity index (χ0) is 39.6. The van der Waals surface area contributed by atoms with E-state index in [2.05, 4.69) is 40.0 Å². The number of ether oxygens (including phenoxy) is 2. The van der Waals surface area contributed by atoms with Crippen LogP contribution < -0.4 is 32.7 Å². The number of anilines is 1. The van der Waals surface area contributed by atoms with Gasteiger partial charge in [0.05, 0.1) is 5.60 Å². The molecule has 52 heavy (non-hydrogen) atoms. The average Bonchev–Trinajstić information content (AvgIpc) is 3.04. The van der Waals surface area contributed by atoms with Crippen LogP contribution in [0, 0.1) is 5.92 Å². The fourth-order valence-corrected chi connectivity index (χ4v) is 4.73. The summed E-state index contributed by atoms with van der Waals surface area (Å²) < 4.78 is 11.4. The van der Waals surface area contributed by atoms with Crippen molar-refractivity contribution >= 4 is 35.5 Å². The average molecular weight is 735 g/mol. The summed E-state index contributed by atoms with van der Waals surface area (Å²) >= 11 is 0. The zero-order valence-electron chi connectivity index (χ0n) is 33.1. The monoisotopic (exact) mass is 735 g/mol. The number of likely N-dealkylation sites (N-methyl/N-ethyl adjacent to an activating group) is 2. The Labute approximate surface area is 310 Å². The quantitative estimate of drug-likeness (QED) is 0.0910. The number of nitrogens with one attached hydrogen (secondary N) is 4. The van der Waals surface area contributed by atoms with E-state index in [1.165, 1.54) is 4.90 Å². The van der Waals surface area contributed by atoms with Crippen molar-refractivity contribution < 1.29 is 33.4 Å². The number of benzene rings is 1. The molecule has 296 valence electrons. The van der Waals surface area contributed by atoms with Gasteiger partial charge in [0.25, 0.3) is 0 Å². The first-order valence-electron chi connectivity index (χ1n) is 18.1. The topological polar surface area (TPSA) is 210 Å². The Hall–Kier alpha value is -3.95. The predicted octanol–water partition coefficient (Wildman–Crippen LogP) is 3.31. The van der Waals surface area contributed by atoms with E-state index in [1.54, 1.807) is 45.2 Å². The first kappa shape index (κ1) is 46.1. The van der Waals surface area contributed by atoms with Gasteiger partial charge in [-0.3, -0.25) is 14.4 Å². The molecular formula is C37H66N8O7. The Morgan fingerprint density at radius 2 is 1.52 bits per heavy atom. The molecule has 0 spiro atoms. The molecule has 6 amide bonds. The van der Waals surface area contributed by atoms with E-state index in [4.69, 9.17) is 20.9 Å². The van der Waals surface area contributed by atoms with Gasteiger partial charge in [0.2, 0.25) is 17.7 Å². The molecule has 1 aromatic carbocycles. The Bertz CT molecular complexity index is 1280. The highest BCUT2D eigenvalue weighted by molar-refractivity contribution is 5.98. The number of nitrogens with zero attached hydrogens (tertiary/aromatic N) is 2. The Morgan fingerprint density at radius 1 is 0.885 bits per heavy atom. The van der Waals surface area contributed by atoms with Crippen molar-refractivity contribution in [2.24, 2.45) is 17.4 Å². The van der Waals surface area contributed by atoms with Crippen LogP contribution in [0.1, 0.15) is 93.1 Å². The molecule has 8 N–H and O–H groups in total. The van der Waals surface area contributed by atoms with Crippen LogP contribution in [0.25, 0.3) is 0 Å². The molecule has 0 saturated heterocycles. The molecule has 0 aliphatic carbocycles. The number of hydrogen-bond acceptors (Lipinski definition) is 9. The van der Waals surface area contributed by atoms with E-state index in [0.29, 0.717) is 44.1 Å². The number of urea groups is 1. The summed E-state index contributed by atoms with van der Waals surface area (Å²) in [6.45, 7) is 17.4. The van der Waals surface area contributed by atoms with Crippen LogP contribution in [0.5, 0.6) is 0 Å².